The monoisotopic (exact) mass is 500 g/mol. The van der Waals surface area contributed by atoms with Gasteiger partial charge in [0.15, 0.2) is 0 Å². The Morgan fingerprint density at radius 1 is 0.774 bits per heavy atom. The Balaban J connectivity index is 0.000000479. The van der Waals surface area contributed by atoms with Crippen LogP contribution in [-0.4, -0.2) is 42.9 Å². The van der Waals surface area contributed by atoms with Crippen LogP contribution in [0.5, 0.6) is 11.5 Å². The molecule has 2 atom stereocenters. The normalized spacial score (nSPS) is 12.4. The van der Waals surface area contributed by atoms with Crippen molar-refractivity contribution in [3.05, 3.63) is 58.6 Å². The standard InChI is InChI=1S/2C9H12ClNO2.H2O4S/c2*1-7(6-12-11)13-9-4-2-8(10)3-5-9;1-5(2,3)4/h2*2-5,7H,6,11H2,1H3;(H2,1,2,3,4). The molecule has 13 heteroatoms. The molecule has 6 N–H and O–H groups in total. The Kier molecular flexibility index (Phi) is 15.2. The zero-order valence-corrected chi connectivity index (χ0v) is 19.2. The van der Waals surface area contributed by atoms with E-state index in [2.05, 4.69) is 9.68 Å². The minimum absolute atomic E-state index is 0.0637. The van der Waals surface area contributed by atoms with Gasteiger partial charge in [-0.1, -0.05) is 23.2 Å². The largest absolute Gasteiger partial charge is 0.488 e. The first-order chi connectivity index (χ1) is 14.4. The van der Waals surface area contributed by atoms with Crippen molar-refractivity contribution in [3.63, 3.8) is 0 Å². The van der Waals surface area contributed by atoms with Crippen molar-refractivity contribution in [2.45, 2.75) is 26.1 Å². The molecular formula is C18H26Cl2N2O8S. The van der Waals surface area contributed by atoms with Gasteiger partial charge in [-0.15, -0.1) is 0 Å². The third-order valence-electron chi connectivity index (χ3n) is 2.96. The smallest absolute Gasteiger partial charge is 0.394 e. The molecule has 176 valence electrons. The molecular weight excluding hydrogens is 475 g/mol. The predicted octanol–water partition coefficient (Wildman–Crippen LogP) is 3.34. The van der Waals surface area contributed by atoms with Crippen LogP contribution in [-0.2, 0) is 20.1 Å². The lowest BCUT2D eigenvalue weighted by atomic mass is 10.3. The molecule has 2 rings (SSSR count). The van der Waals surface area contributed by atoms with Crippen molar-refractivity contribution in [1.82, 2.24) is 0 Å². The van der Waals surface area contributed by atoms with E-state index in [-0.39, 0.29) is 12.2 Å². The van der Waals surface area contributed by atoms with Crippen LogP contribution in [0.2, 0.25) is 10.0 Å². The van der Waals surface area contributed by atoms with Crippen molar-refractivity contribution in [2.24, 2.45) is 11.8 Å². The fraction of sp³-hybridized carbons (Fsp3) is 0.333. The van der Waals surface area contributed by atoms with Crippen LogP contribution < -0.4 is 21.3 Å². The van der Waals surface area contributed by atoms with Gasteiger partial charge in [0.25, 0.3) is 0 Å². The summed E-state index contributed by atoms with van der Waals surface area (Å²) in [4.78, 5) is 8.90. The van der Waals surface area contributed by atoms with Gasteiger partial charge in [0.2, 0.25) is 0 Å². The van der Waals surface area contributed by atoms with Crippen LogP contribution in [0.4, 0.5) is 0 Å². The molecule has 0 saturated carbocycles. The molecule has 0 fully saturated rings. The Morgan fingerprint density at radius 3 is 1.26 bits per heavy atom. The lowest BCUT2D eigenvalue weighted by molar-refractivity contribution is 0.0589. The highest BCUT2D eigenvalue weighted by Gasteiger charge is 2.03. The summed E-state index contributed by atoms with van der Waals surface area (Å²) in [6, 6.07) is 14.3. The van der Waals surface area contributed by atoms with Crippen LogP contribution in [0.25, 0.3) is 0 Å². The van der Waals surface area contributed by atoms with Crippen LogP contribution in [0, 0.1) is 0 Å². The SMILES string of the molecule is CC(CON)Oc1ccc(Cl)cc1.CC(CON)Oc1ccc(Cl)cc1.O=S(=O)(O)O. The second-order valence-corrected chi connectivity index (χ2v) is 7.65. The minimum Gasteiger partial charge on any atom is -0.488 e. The van der Waals surface area contributed by atoms with Gasteiger partial charge in [0.05, 0.1) is 0 Å². The fourth-order valence-corrected chi connectivity index (χ4v) is 2.08. The summed E-state index contributed by atoms with van der Waals surface area (Å²) in [5.74, 6) is 11.3. The van der Waals surface area contributed by atoms with E-state index >= 15 is 0 Å². The molecule has 2 unspecified atom stereocenters. The van der Waals surface area contributed by atoms with Gasteiger partial charge in [0, 0.05) is 10.0 Å². The van der Waals surface area contributed by atoms with Gasteiger partial charge in [-0.05, 0) is 62.4 Å². The predicted molar refractivity (Wildman–Crippen MR) is 118 cm³/mol. The molecule has 0 spiro atoms. The number of hydrogen-bond acceptors (Lipinski definition) is 8. The van der Waals surface area contributed by atoms with Gasteiger partial charge in [-0.25, -0.2) is 11.8 Å². The van der Waals surface area contributed by atoms with Crippen molar-refractivity contribution in [1.29, 1.82) is 0 Å². The Bertz CT molecular complexity index is 760. The van der Waals surface area contributed by atoms with Crippen LogP contribution in [0.15, 0.2) is 48.5 Å². The zero-order chi connectivity index (χ0) is 23.9. The summed E-state index contributed by atoms with van der Waals surface area (Å²) in [6.45, 7) is 4.48. The van der Waals surface area contributed by atoms with Crippen molar-refractivity contribution in [2.75, 3.05) is 13.2 Å². The van der Waals surface area contributed by atoms with Crippen LogP contribution in [0.3, 0.4) is 0 Å². The molecule has 0 amide bonds. The quantitative estimate of drug-likeness (QED) is 0.312. The van der Waals surface area contributed by atoms with Gasteiger partial charge >= 0.3 is 10.4 Å². The van der Waals surface area contributed by atoms with Crippen LogP contribution in [0.1, 0.15) is 13.8 Å². The summed E-state index contributed by atoms with van der Waals surface area (Å²) in [5.41, 5.74) is 0. The number of ether oxygens (including phenoxy) is 2. The summed E-state index contributed by atoms with van der Waals surface area (Å²) < 4.78 is 42.5. The van der Waals surface area contributed by atoms with E-state index < -0.39 is 10.4 Å². The summed E-state index contributed by atoms with van der Waals surface area (Å²) in [6.07, 6.45) is -0.127. The van der Waals surface area contributed by atoms with E-state index in [1.165, 1.54) is 0 Å². The second-order valence-electron chi connectivity index (χ2n) is 5.88. The molecule has 0 heterocycles. The zero-order valence-electron chi connectivity index (χ0n) is 16.9. The van der Waals surface area contributed by atoms with E-state index in [4.69, 9.17) is 62.0 Å². The highest BCUT2D eigenvalue weighted by atomic mass is 35.5. The molecule has 0 aliphatic rings. The maximum atomic E-state index is 8.74. The lowest BCUT2D eigenvalue weighted by Gasteiger charge is -2.12. The van der Waals surface area contributed by atoms with Crippen molar-refractivity contribution >= 4 is 33.6 Å². The Morgan fingerprint density at radius 2 is 1.03 bits per heavy atom. The molecule has 0 radical (unpaired) electrons. The van der Waals surface area contributed by atoms with E-state index in [9.17, 15) is 0 Å². The first-order valence-corrected chi connectivity index (χ1v) is 10.8. The average Bonchev–Trinajstić information content (AvgIpc) is 2.65. The minimum atomic E-state index is -4.67. The van der Waals surface area contributed by atoms with Crippen molar-refractivity contribution in [3.8, 4) is 11.5 Å². The maximum Gasteiger partial charge on any atom is 0.394 e. The van der Waals surface area contributed by atoms with Gasteiger partial charge < -0.3 is 19.1 Å². The summed E-state index contributed by atoms with van der Waals surface area (Å²) in [5, 5.41) is 1.38. The molecule has 10 nitrogen and oxygen atoms in total. The third kappa shape index (κ3) is 18.8. The topological polar surface area (TPSA) is 164 Å². The number of hydrogen-bond donors (Lipinski definition) is 4. The second kappa shape index (κ2) is 16.0. The molecule has 0 aliphatic heterocycles. The molecule has 0 aliphatic carbocycles. The van der Waals surface area contributed by atoms with E-state index in [1.807, 2.05) is 13.8 Å². The summed E-state index contributed by atoms with van der Waals surface area (Å²) in [7, 11) is -4.67. The van der Waals surface area contributed by atoms with Gasteiger partial charge in [-0.2, -0.15) is 8.42 Å². The fourth-order valence-electron chi connectivity index (χ4n) is 1.83. The van der Waals surface area contributed by atoms with E-state index in [0.717, 1.165) is 11.5 Å². The highest BCUT2D eigenvalue weighted by Crippen LogP contribution is 2.17. The molecule has 2 aromatic rings. The molecule has 0 saturated heterocycles. The lowest BCUT2D eigenvalue weighted by Crippen LogP contribution is -2.21. The molecule has 31 heavy (non-hydrogen) atoms. The molecule has 0 aromatic heterocycles. The average molecular weight is 501 g/mol. The Labute approximate surface area is 191 Å². The number of benzene rings is 2. The maximum absolute atomic E-state index is 8.74. The first-order valence-electron chi connectivity index (χ1n) is 8.62. The number of rotatable bonds is 8. The third-order valence-corrected chi connectivity index (χ3v) is 3.47. The number of halogens is 2. The molecule has 0 bridgehead atoms. The van der Waals surface area contributed by atoms with Crippen LogP contribution >= 0.6 is 23.2 Å². The van der Waals surface area contributed by atoms with Gasteiger partial charge in [0.1, 0.15) is 36.9 Å². The van der Waals surface area contributed by atoms with E-state index in [1.54, 1.807) is 48.5 Å². The number of nitrogens with two attached hydrogens (primary N) is 2. The first kappa shape index (κ1) is 29.3. The Hall–Kier alpha value is -1.67. The van der Waals surface area contributed by atoms with Gasteiger partial charge in [-0.3, -0.25) is 9.11 Å². The highest BCUT2D eigenvalue weighted by molar-refractivity contribution is 7.79. The summed E-state index contributed by atoms with van der Waals surface area (Å²) >= 11 is 11.4. The van der Waals surface area contributed by atoms with Crippen molar-refractivity contribution < 1.29 is 36.7 Å². The van der Waals surface area contributed by atoms with E-state index in [0.29, 0.717) is 23.3 Å². The molecule has 2 aromatic carbocycles.